The predicted molar refractivity (Wildman–Crippen MR) is 186 cm³/mol. The Balaban J connectivity index is 0.00000101. The van der Waals surface area contributed by atoms with Gasteiger partial charge in [0.1, 0.15) is 10.5 Å². The first-order valence-corrected chi connectivity index (χ1v) is 16.1. The summed E-state index contributed by atoms with van der Waals surface area (Å²) < 4.78 is 4.39. The van der Waals surface area contributed by atoms with E-state index in [1.165, 1.54) is 57.3 Å². The van der Waals surface area contributed by atoms with Gasteiger partial charge in [-0.2, -0.15) is 0 Å². The van der Waals surface area contributed by atoms with Crippen LogP contribution in [0.25, 0.3) is 33.4 Å². The molecule has 0 fully saturated rings. The first-order chi connectivity index (χ1) is 19.5. The van der Waals surface area contributed by atoms with E-state index in [1.807, 2.05) is 41.5 Å². The molecule has 1 aliphatic carbocycles. The SMILES string of the molecule is CC.CC.CC.CC1(C)c2ccc(-c3ccccc3)cc2-c2cc(-c3ccccc3)ccc21.CCCC.CO[SiH3]. The number of hydrogen-bond acceptors (Lipinski definition) is 1. The summed E-state index contributed by atoms with van der Waals surface area (Å²) in [5, 5.41) is 0. The minimum absolute atomic E-state index is 0.0368. The lowest BCUT2D eigenvalue weighted by atomic mass is 9.82. The van der Waals surface area contributed by atoms with E-state index in [9.17, 15) is 0 Å². The van der Waals surface area contributed by atoms with Gasteiger partial charge in [-0.05, 0) is 56.6 Å². The highest BCUT2D eigenvalue weighted by atomic mass is 28.2. The Kier molecular flexibility index (Phi) is 19.4. The molecule has 0 heterocycles. The van der Waals surface area contributed by atoms with Crippen LogP contribution in [0.1, 0.15) is 93.2 Å². The molecule has 0 unspecified atom stereocenters. The zero-order chi connectivity index (χ0) is 30.6. The van der Waals surface area contributed by atoms with E-state index < -0.39 is 0 Å². The van der Waals surface area contributed by atoms with Gasteiger partial charge in [-0.15, -0.1) is 0 Å². The topological polar surface area (TPSA) is 9.23 Å². The van der Waals surface area contributed by atoms with Crippen LogP contribution in [0.3, 0.4) is 0 Å². The maximum Gasteiger partial charge on any atom is 0.145 e. The number of hydrogen-bond donors (Lipinski definition) is 0. The van der Waals surface area contributed by atoms with Gasteiger partial charge in [0.15, 0.2) is 0 Å². The van der Waals surface area contributed by atoms with Gasteiger partial charge in [0.25, 0.3) is 0 Å². The molecule has 0 N–H and O–H groups in total. The second kappa shape index (κ2) is 20.9. The van der Waals surface area contributed by atoms with Crippen molar-refractivity contribution in [3.63, 3.8) is 0 Å². The number of unbranched alkanes of at least 4 members (excludes halogenated alkanes) is 1. The van der Waals surface area contributed by atoms with Crippen LogP contribution >= 0.6 is 0 Å². The monoisotopic (exact) mass is 556 g/mol. The molecule has 0 saturated carbocycles. The summed E-state index contributed by atoms with van der Waals surface area (Å²) in [6, 6.07) is 35.2. The summed E-state index contributed by atoms with van der Waals surface area (Å²) in [5.74, 6) is 0. The zero-order valence-corrected chi connectivity index (χ0v) is 29.6. The van der Waals surface area contributed by atoms with Gasteiger partial charge in [-0.1, -0.05) is 167 Å². The minimum Gasteiger partial charge on any atom is -0.431 e. The van der Waals surface area contributed by atoms with E-state index in [1.54, 1.807) is 7.11 Å². The van der Waals surface area contributed by atoms with Crippen LogP contribution in [-0.4, -0.2) is 17.6 Å². The van der Waals surface area contributed by atoms with E-state index in [0.29, 0.717) is 0 Å². The van der Waals surface area contributed by atoms with Crippen LogP contribution in [0.5, 0.6) is 0 Å². The Bertz CT molecular complexity index is 1090. The Morgan fingerprint density at radius 3 is 1.10 bits per heavy atom. The molecule has 0 aliphatic heterocycles. The largest absolute Gasteiger partial charge is 0.431 e. The summed E-state index contributed by atoms with van der Waals surface area (Å²) in [4.78, 5) is 0. The third-order valence-electron chi connectivity index (χ3n) is 6.39. The molecule has 218 valence electrons. The summed E-state index contributed by atoms with van der Waals surface area (Å²) in [7, 11) is 2.56. The normalized spacial score (nSPS) is 11.1. The minimum atomic E-state index is 0.0368. The van der Waals surface area contributed by atoms with Gasteiger partial charge in [0.05, 0.1) is 0 Å². The zero-order valence-electron chi connectivity index (χ0n) is 27.6. The molecule has 2 heteroatoms. The van der Waals surface area contributed by atoms with Crippen molar-refractivity contribution in [2.24, 2.45) is 0 Å². The van der Waals surface area contributed by atoms with Crippen molar-refractivity contribution in [1.29, 1.82) is 0 Å². The highest BCUT2D eigenvalue weighted by Gasteiger charge is 2.35. The fraction of sp³-hybridized carbons (Fsp3) is 0.368. The highest BCUT2D eigenvalue weighted by Crippen LogP contribution is 2.50. The van der Waals surface area contributed by atoms with E-state index in [-0.39, 0.29) is 5.41 Å². The molecular formula is C38H56OSi. The number of rotatable bonds is 3. The summed E-state index contributed by atoms with van der Waals surface area (Å²) in [5.41, 5.74) is 10.7. The molecule has 1 nitrogen and oxygen atoms in total. The quantitative estimate of drug-likeness (QED) is 0.228. The molecule has 0 aromatic heterocycles. The molecule has 40 heavy (non-hydrogen) atoms. The van der Waals surface area contributed by atoms with Crippen LogP contribution in [-0.2, 0) is 9.84 Å². The summed E-state index contributed by atoms with van der Waals surface area (Å²) in [6.07, 6.45) is 2.64. The van der Waals surface area contributed by atoms with Crippen LogP contribution in [0, 0.1) is 0 Å². The molecular weight excluding hydrogens is 501 g/mol. The summed E-state index contributed by atoms with van der Waals surface area (Å²) in [6.45, 7) is 21.0. The van der Waals surface area contributed by atoms with Gasteiger partial charge in [0.2, 0.25) is 0 Å². The molecule has 5 rings (SSSR count). The Hall–Kier alpha value is -2.94. The molecule has 0 saturated heterocycles. The first-order valence-electron chi connectivity index (χ1n) is 15.3. The van der Waals surface area contributed by atoms with Crippen LogP contribution < -0.4 is 0 Å². The van der Waals surface area contributed by atoms with E-state index in [2.05, 4.69) is 129 Å². The van der Waals surface area contributed by atoms with Crippen molar-refractivity contribution in [2.75, 3.05) is 7.11 Å². The molecule has 0 bridgehead atoms. The van der Waals surface area contributed by atoms with Gasteiger partial charge in [-0.25, -0.2) is 0 Å². The van der Waals surface area contributed by atoms with Gasteiger partial charge in [-0.3, -0.25) is 0 Å². The molecule has 0 spiro atoms. The van der Waals surface area contributed by atoms with Crippen LogP contribution in [0.2, 0.25) is 0 Å². The Labute approximate surface area is 250 Å². The summed E-state index contributed by atoms with van der Waals surface area (Å²) >= 11 is 0. The number of fused-ring (bicyclic) bond motifs is 3. The maximum atomic E-state index is 4.39. The van der Waals surface area contributed by atoms with Gasteiger partial charge < -0.3 is 4.43 Å². The highest BCUT2D eigenvalue weighted by molar-refractivity contribution is 5.97. The Morgan fingerprint density at radius 2 is 0.825 bits per heavy atom. The van der Waals surface area contributed by atoms with Crippen molar-refractivity contribution in [2.45, 2.75) is 87.5 Å². The third-order valence-corrected chi connectivity index (χ3v) is 6.39. The predicted octanol–water partition coefficient (Wildman–Crippen LogP) is 11.1. The standard InChI is InChI=1S/C27H22.C4H10.3C2H6.CH6OSi/c1-27(2)25-15-13-21(19-9-5-3-6-10-19)17-23(25)24-18-22(14-16-26(24)27)20-11-7-4-8-12-20;1-3-4-2;3*1-2;1-2-3/h3-18H,1-2H3;3-4H2,1-2H3;3*1-2H3;1,3H3. The van der Waals surface area contributed by atoms with Crippen molar-refractivity contribution in [3.8, 4) is 33.4 Å². The third kappa shape index (κ3) is 9.91. The van der Waals surface area contributed by atoms with Crippen molar-refractivity contribution in [1.82, 2.24) is 0 Å². The first kappa shape index (κ1) is 37.1. The van der Waals surface area contributed by atoms with Crippen molar-refractivity contribution in [3.05, 3.63) is 108 Å². The average Bonchev–Trinajstić information content (AvgIpc) is 3.27. The molecule has 1 aliphatic rings. The average molecular weight is 557 g/mol. The molecule has 4 aromatic rings. The van der Waals surface area contributed by atoms with Crippen molar-refractivity contribution < 1.29 is 4.43 Å². The fourth-order valence-electron chi connectivity index (χ4n) is 4.39. The number of benzene rings is 4. The lowest BCUT2D eigenvalue weighted by Gasteiger charge is -2.21. The lowest BCUT2D eigenvalue weighted by Crippen LogP contribution is -2.14. The van der Waals surface area contributed by atoms with Gasteiger partial charge >= 0.3 is 0 Å². The van der Waals surface area contributed by atoms with Crippen molar-refractivity contribution >= 4 is 10.5 Å². The van der Waals surface area contributed by atoms with E-state index in [0.717, 1.165) is 10.5 Å². The molecule has 0 amide bonds. The fourth-order valence-corrected chi connectivity index (χ4v) is 4.39. The van der Waals surface area contributed by atoms with E-state index in [4.69, 9.17) is 0 Å². The maximum absolute atomic E-state index is 4.39. The Morgan fingerprint density at radius 1 is 0.525 bits per heavy atom. The smallest absolute Gasteiger partial charge is 0.145 e. The molecule has 4 aromatic carbocycles. The lowest BCUT2D eigenvalue weighted by molar-refractivity contribution is 0.460. The molecule has 0 radical (unpaired) electrons. The second-order valence-corrected chi connectivity index (χ2v) is 10.1. The van der Waals surface area contributed by atoms with Crippen LogP contribution in [0.15, 0.2) is 97.1 Å². The van der Waals surface area contributed by atoms with E-state index >= 15 is 0 Å². The van der Waals surface area contributed by atoms with Gasteiger partial charge in [0, 0.05) is 12.5 Å². The molecule has 0 atom stereocenters. The van der Waals surface area contributed by atoms with Crippen LogP contribution in [0.4, 0.5) is 0 Å². The second-order valence-electron chi connectivity index (χ2n) is 9.29.